The molecule has 1 aliphatic heterocycles. The van der Waals surface area contributed by atoms with Gasteiger partial charge in [-0.1, -0.05) is 30.5 Å². The van der Waals surface area contributed by atoms with E-state index < -0.39 is 0 Å². The molecule has 4 nitrogen and oxygen atoms in total. The van der Waals surface area contributed by atoms with Gasteiger partial charge in [0.25, 0.3) is 5.91 Å². The second kappa shape index (κ2) is 8.25. The fourth-order valence-electron chi connectivity index (χ4n) is 2.57. The van der Waals surface area contributed by atoms with Crippen molar-refractivity contribution in [1.29, 1.82) is 0 Å². The highest BCUT2D eigenvalue weighted by atomic mass is 35.5. The minimum absolute atomic E-state index is 0.0623. The molecule has 0 spiro atoms. The van der Waals surface area contributed by atoms with Crippen molar-refractivity contribution >= 4 is 17.5 Å². The first-order valence-corrected chi connectivity index (χ1v) is 7.92. The predicted molar refractivity (Wildman–Crippen MR) is 84.8 cm³/mol. The molecule has 0 atom stereocenters. The monoisotopic (exact) mass is 310 g/mol. The van der Waals surface area contributed by atoms with Crippen molar-refractivity contribution in [3.63, 3.8) is 0 Å². The van der Waals surface area contributed by atoms with Crippen LogP contribution in [-0.2, 0) is 11.3 Å². The molecule has 0 aromatic heterocycles. The van der Waals surface area contributed by atoms with Gasteiger partial charge in [0.1, 0.15) is 5.75 Å². The topological polar surface area (TPSA) is 41.6 Å². The van der Waals surface area contributed by atoms with Crippen molar-refractivity contribution in [2.75, 3.05) is 26.7 Å². The Morgan fingerprint density at radius 3 is 2.67 bits per heavy atom. The van der Waals surface area contributed by atoms with Crippen LogP contribution in [0, 0.1) is 0 Å². The molecule has 1 heterocycles. The van der Waals surface area contributed by atoms with Gasteiger partial charge in [-0.3, -0.25) is 4.79 Å². The summed E-state index contributed by atoms with van der Waals surface area (Å²) in [5.41, 5.74) is 0.894. The second-order valence-corrected chi connectivity index (χ2v) is 5.74. The zero-order chi connectivity index (χ0) is 15.1. The van der Waals surface area contributed by atoms with E-state index in [0.29, 0.717) is 17.3 Å². The maximum atomic E-state index is 12.2. The molecule has 116 valence electrons. The second-order valence-electron chi connectivity index (χ2n) is 5.33. The summed E-state index contributed by atoms with van der Waals surface area (Å²) < 4.78 is 5.71. The maximum absolute atomic E-state index is 12.2. The summed E-state index contributed by atoms with van der Waals surface area (Å²) in [6.45, 7) is 2.40. The van der Waals surface area contributed by atoms with Crippen LogP contribution < -0.4 is 10.1 Å². The molecule has 1 fully saturated rings. The normalized spacial score (nSPS) is 15.6. The van der Waals surface area contributed by atoms with Gasteiger partial charge in [0.05, 0.1) is 0 Å². The van der Waals surface area contributed by atoms with Crippen LogP contribution in [0.25, 0.3) is 0 Å². The van der Waals surface area contributed by atoms with Crippen molar-refractivity contribution in [2.24, 2.45) is 0 Å². The summed E-state index contributed by atoms with van der Waals surface area (Å²) in [4.78, 5) is 14.1. The molecule has 0 bridgehead atoms. The molecule has 1 aromatic carbocycles. The van der Waals surface area contributed by atoms with E-state index in [2.05, 4.69) is 5.32 Å². The zero-order valence-electron chi connectivity index (χ0n) is 12.5. The standard InChI is InChI=1S/C16H23ClN2O2/c1-18-11-13-14(17)7-6-8-15(13)21-12-16(20)19-9-4-2-3-5-10-19/h6-8,18H,2-5,9-12H2,1H3. The minimum atomic E-state index is 0.0623. The first-order chi connectivity index (χ1) is 10.2. The largest absolute Gasteiger partial charge is 0.483 e. The molecule has 1 aromatic rings. The number of hydrogen-bond acceptors (Lipinski definition) is 3. The first kappa shape index (κ1) is 16.1. The van der Waals surface area contributed by atoms with Crippen molar-refractivity contribution in [2.45, 2.75) is 32.2 Å². The highest BCUT2D eigenvalue weighted by Gasteiger charge is 2.17. The number of nitrogens with one attached hydrogen (secondary N) is 1. The zero-order valence-corrected chi connectivity index (χ0v) is 13.3. The Labute approximate surface area is 131 Å². The molecule has 0 saturated carbocycles. The van der Waals surface area contributed by atoms with Crippen molar-refractivity contribution in [1.82, 2.24) is 10.2 Å². The summed E-state index contributed by atoms with van der Waals surface area (Å²) in [5, 5.41) is 3.72. The van der Waals surface area contributed by atoms with Crippen LogP contribution in [0.3, 0.4) is 0 Å². The summed E-state index contributed by atoms with van der Waals surface area (Å²) in [7, 11) is 1.86. The Balaban J connectivity index is 1.95. The van der Waals surface area contributed by atoms with E-state index in [0.717, 1.165) is 31.5 Å². The number of ether oxygens (including phenoxy) is 1. The van der Waals surface area contributed by atoms with Crippen molar-refractivity contribution in [3.8, 4) is 5.75 Å². The van der Waals surface area contributed by atoms with E-state index in [4.69, 9.17) is 16.3 Å². The van der Waals surface area contributed by atoms with Crippen LogP contribution in [0.15, 0.2) is 18.2 Å². The number of nitrogens with zero attached hydrogens (tertiary/aromatic N) is 1. The number of carbonyl (C=O) groups is 1. The number of rotatable bonds is 5. The van der Waals surface area contributed by atoms with E-state index in [9.17, 15) is 4.79 Å². The Hall–Kier alpha value is -1.26. The quantitative estimate of drug-likeness (QED) is 0.909. The van der Waals surface area contributed by atoms with Crippen LogP contribution in [-0.4, -0.2) is 37.6 Å². The number of carbonyl (C=O) groups excluding carboxylic acids is 1. The third kappa shape index (κ3) is 4.61. The molecular formula is C16H23ClN2O2. The van der Waals surface area contributed by atoms with E-state index in [-0.39, 0.29) is 12.5 Å². The first-order valence-electron chi connectivity index (χ1n) is 7.55. The molecular weight excluding hydrogens is 288 g/mol. The molecule has 1 N–H and O–H groups in total. The molecule has 1 aliphatic rings. The third-order valence-electron chi connectivity index (χ3n) is 3.74. The van der Waals surface area contributed by atoms with Gasteiger partial charge in [0, 0.05) is 30.2 Å². The summed E-state index contributed by atoms with van der Waals surface area (Å²) in [6, 6.07) is 5.53. The average molecular weight is 311 g/mol. The lowest BCUT2D eigenvalue weighted by atomic mass is 10.2. The van der Waals surface area contributed by atoms with Crippen LogP contribution in [0.4, 0.5) is 0 Å². The fourth-order valence-corrected chi connectivity index (χ4v) is 2.81. The van der Waals surface area contributed by atoms with E-state index in [1.807, 2.05) is 30.1 Å². The Morgan fingerprint density at radius 1 is 1.29 bits per heavy atom. The van der Waals surface area contributed by atoms with Gasteiger partial charge >= 0.3 is 0 Å². The number of likely N-dealkylation sites (tertiary alicyclic amines) is 1. The maximum Gasteiger partial charge on any atom is 0.260 e. The Morgan fingerprint density at radius 2 is 2.00 bits per heavy atom. The molecule has 0 unspecified atom stereocenters. The average Bonchev–Trinajstić information content (AvgIpc) is 2.77. The highest BCUT2D eigenvalue weighted by Crippen LogP contribution is 2.26. The van der Waals surface area contributed by atoms with E-state index in [1.165, 1.54) is 12.8 Å². The molecule has 5 heteroatoms. The van der Waals surface area contributed by atoms with E-state index >= 15 is 0 Å². The molecule has 1 amide bonds. The minimum Gasteiger partial charge on any atom is -0.483 e. The Kier molecular flexibility index (Phi) is 6.33. The smallest absolute Gasteiger partial charge is 0.260 e. The Bertz CT molecular complexity index is 471. The summed E-state index contributed by atoms with van der Waals surface area (Å²) in [6.07, 6.45) is 4.61. The lowest BCUT2D eigenvalue weighted by Crippen LogP contribution is -2.35. The molecule has 0 radical (unpaired) electrons. The van der Waals surface area contributed by atoms with Gasteiger partial charge in [-0.15, -0.1) is 0 Å². The lowest BCUT2D eigenvalue weighted by molar-refractivity contribution is -0.133. The summed E-state index contributed by atoms with van der Waals surface area (Å²) >= 11 is 6.18. The van der Waals surface area contributed by atoms with Gasteiger partial charge in [-0.2, -0.15) is 0 Å². The van der Waals surface area contributed by atoms with Crippen LogP contribution in [0.2, 0.25) is 5.02 Å². The number of hydrogen-bond donors (Lipinski definition) is 1. The van der Waals surface area contributed by atoms with Crippen LogP contribution in [0.5, 0.6) is 5.75 Å². The van der Waals surface area contributed by atoms with Gasteiger partial charge < -0.3 is 15.0 Å². The number of benzene rings is 1. The van der Waals surface area contributed by atoms with E-state index in [1.54, 1.807) is 0 Å². The number of halogens is 1. The SMILES string of the molecule is CNCc1c(Cl)cccc1OCC(=O)N1CCCCCC1. The van der Waals surface area contributed by atoms with Gasteiger partial charge in [-0.05, 0) is 32.0 Å². The van der Waals surface area contributed by atoms with Gasteiger partial charge in [0.15, 0.2) is 6.61 Å². The molecule has 1 saturated heterocycles. The molecule has 2 rings (SSSR count). The summed E-state index contributed by atoms with van der Waals surface area (Å²) in [5.74, 6) is 0.743. The fraction of sp³-hybridized carbons (Fsp3) is 0.562. The number of amides is 1. The molecule has 21 heavy (non-hydrogen) atoms. The van der Waals surface area contributed by atoms with Crippen LogP contribution >= 0.6 is 11.6 Å². The van der Waals surface area contributed by atoms with Gasteiger partial charge in [0.2, 0.25) is 0 Å². The van der Waals surface area contributed by atoms with Gasteiger partial charge in [-0.25, -0.2) is 0 Å². The predicted octanol–water partition coefficient (Wildman–Crippen LogP) is 2.84. The lowest BCUT2D eigenvalue weighted by Gasteiger charge is -2.21. The highest BCUT2D eigenvalue weighted by molar-refractivity contribution is 6.31. The third-order valence-corrected chi connectivity index (χ3v) is 4.09. The van der Waals surface area contributed by atoms with Crippen LogP contribution in [0.1, 0.15) is 31.2 Å². The van der Waals surface area contributed by atoms with Crippen molar-refractivity contribution in [3.05, 3.63) is 28.8 Å². The van der Waals surface area contributed by atoms with Crippen molar-refractivity contribution < 1.29 is 9.53 Å². The molecule has 0 aliphatic carbocycles.